The van der Waals surface area contributed by atoms with Crippen molar-refractivity contribution in [3.05, 3.63) is 64.3 Å². The highest BCUT2D eigenvalue weighted by atomic mass is 16.4. The Morgan fingerprint density at radius 3 is 2.21 bits per heavy atom. The minimum Gasteiger partial charge on any atom is -0.477 e. The summed E-state index contributed by atoms with van der Waals surface area (Å²) >= 11 is 0. The number of nitrogens with zero attached hydrogens (tertiary/aromatic N) is 4. The summed E-state index contributed by atoms with van der Waals surface area (Å²) in [7, 11) is 3.64. The number of hydrogen-bond acceptors (Lipinski definition) is 5. The molecule has 2 bridgehead atoms. The SMILES string of the molecule is C[C@@H](O)[C@H]1C(=O)N2C(C(=O)O)=C(c3ccc4c(c3)-c3ccc(C[N+]56CC[N+](CC(=O)N(C)C)(CC5)CC6)cc3C4=O)C[C@H]12. The minimum absolute atomic E-state index is 0.0272. The molecule has 43 heavy (non-hydrogen) atoms. The molecule has 4 fully saturated rings. The van der Waals surface area contributed by atoms with E-state index in [1.165, 1.54) is 4.90 Å². The highest BCUT2D eigenvalue weighted by molar-refractivity contribution is 6.22. The van der Waals surface area contributed by atoms with E-state index in [4.69, 9.17) is 0 Å². The number of carbonyl (C=O) groups is 4. The molecule has 0 unspecified atom stereocenters. The van der Waals surface area contributed by atoms with E-state index in [-0.39, 0.29) is 29.3 Å². The van der Waals surface area contributed by atoms with Crippen molar-refractivity contribution >= 4 is 29.1 Å². The molecule has 224 valence electrons. The van der Waals surface area contributed by atoms with Crippen molar-refractivity contribution in [3.63, 3.8) is 0 Å². The number of hydrogen-bond donors (Lipinski definition) is 2. The second-order valence-corrected chi connectivity index (χ2v) is 13.5. The van der Waals surface area contributed by atoms with Gasteiger partial charge in [0, 0.05) is 30.8 Å². The number of carbonyl (C=O) groups excluding carboxylic acids is 3. The molecule has 4 saturated heterocycles. The number of carboxylic acid groups (broad SMARTS) is 1. The number of carboxylic acids is 1. The topological polar surface area (TPSA) is 115 Å². The zero-order chi connectivity index (χ0) is 30.4. The molecule has 2 N–H and O–H groups in total. The highest BCUT2D eigenvalue weighted by Gasteiger charge is 2.57. The number of aliphatic carboxylic acids is 1. The monoisotopic (exact) mass is 586 g/mol. The standard InChI is InChI=1S/C33H37N4O6/c1-19(38)29-27-16-24(30(33(42)43)35(27)32(29)41)21-5-7-23-25(15-21)22-6-4-20(14-26(22)31(23)40)17-36-8-11-37(12-9-36,13-10-36)18-28(39)34(2)3/h4-7,14-15,19,27,29,38H,8-13,16-18H2,1-3H3/q+1/p+1/t19-,27-,29-,36?,37?/m1/s1. The van der Waals surface area contributed by atoms with E-state index in [2.05, 4.69) is 6.07 Å². The van der Waals surface area contributed by atoms with Crippen LogP contribution in [-0.4, -0.2) is 125 Å². The van der Waals surface area contributed by atoms with Crippen LogP contribution in [0.1, 0.15) is 40.4 Å². The van der Waals surface area contributed by atoms with E-state index < -0.39 is 18.0 Å². The van der Waals surface area contributed by atoms with E-state index in [9.17, 15) is 29.4 Å². The molecule has 0 saturated carbocycles. The van der Waals surface area contributed by atoms with Gasteiger partial charge in [-0.05, 0) is 53.8 Å². The molecule has 10 nitrogen and oxygen atoms in total. The maximum atomic E-state index is 13.5. The molecule has 3 atom stereocenters. The molecule has 10 heteroatoms. The van der Waals surface area contributed by atoms with E-state index in [1.54, 1.807) is 24.0 Å². The molecule has 1 aliphatic carbocycles. The molecule has 2 aromatic carbocycles. The number of amides is 2. The van der Waals surface area contributed by atoms with Crippen LogP contribution in [-0.2, 0) is 20.9 Å². The number of β-lactam (4-membered cyclic amide) rings is 1. The number of benzene rings is 2. The largest absolute Gasteiger partial charge is 0.477 e. The summed E-state index contributed by atoms with van der Waals surface area (Å²) in [4.78, 5) is 53.9. The van der Waals surface area contributed by atoms with Crippen LogP contribution in [0.15, 0.2) is 42.1 Å². The molecule has 0 spiro atoms. The Kier molecular flexibility index (Phi) is 6.22. The van der Waals surface area contributed by atoms with Gasteiger partial charge in [0.1, 0.15) is 51.5 Å². The summed E-state index contributed by atoms with van der Waals surface area (Å²) in [6, 6.07) is 11.2. The molecular formula is C33H38N4O6+2. The lowest BCUT2D eigenvalue weighted by molar-refractivity contribution is -1.08. The number of rotatable bonds is 7. The van der Waals surface area contributed by atoms with Crippen LogP contribution in [0.4, 0.5) is 0 Å². The van der Waals surface area contributed by atoms with Crippen LogP contribution in [0.25, 0.3) is 16.7 Å². The Balaban J connectivity index is 1.13. The average molecular weight is 587 g/mol. The van der Waals surface area contributed by atoms with Crippen LogP contribution < -0.4 is 0 Å². The quantitative estimate of drug-likeness (QED) is 0.321. The van der Waals surface area contributed by atoms with Crippen molar-refractivity contribution in [3.8, 4) is 11.1 Å². The molecule has 5 heterocycles. The Morgan fingerprint density at radius 2 is 1.58 bits per heavy atom. The number of piperazine rings is 3. The molecule has 2 amide bonds. The van der Waals surface area contributed by atoms with Gasteiger partial charge in [-0.25, -0.2) is 4.79 Å². The normalized spacial score (nSPS) is 29.3. The summed E-state index contributed by atoms with van der Waals surface area (Å²) in [6.45, 7) is 9.03. The van der Waals surface area contributed by atoms with Crippen LogP contribution in [0.3, 0.4) is 0 Å². The predicted molar refractivity (Wildman–Crippen MR) is 157 cm³/mol. The van der Waals surface area contributed by atoms with Gasteiger partial charge in [0.05, 0.1) is 18.1 Å². The van der Waals surface area contributed by atoms with Crippen molar-refractivity contribution in [2.75, 3.05) is 59.9 Å². The van der Waals surface area contributed by atoms with Gasteiger partial charge >= 0.3 is 5.97 Å². The number of likely N-dealkylation sites (N-methyl/N-ethyl adjacent to an activating group) is 1. The molecule has 2 aromatic rings. The first-order valence-electron chi connectivity index (χ1n) is 15.1. The van der Waals surface area contributed by atoms with Crippen LogP contribution in [0.2, 0.25) is 0 Å². The smallest absolute Gasteiger partial charge is 0.352 e. The summed E-state index contributed by atoms with van der Waals surface area (Å²) in [5.41, 5.74) is 5.24. The van der Waals surface area contributed by atoms with Crippen molar-refractivity contribution in [2.24, 2.45) is 5.92 Å². The second-order valence-electron chi connectivity index (χ2n) is 13.5. The van der Waals surface area contributed by atoms with Gasteiger partial charge in [-0.3, -0.25) is 14.4 Å². The Morgan fingerprint density at radius 1 is 0.930 bits per heavy atom. The van der Waals surface area contributed by atoms with E-state index in [0.717, 1.165) is 71.5 Å². The van der Waals surface area contributed by atoms with Gasteiger partial charge in [-0.1, -0.05) is 18.2 Å². The minimum atomic E-state index is -1.17. The number of fused-ring (bicyclic) bond motifs is 7. The Bertz CT molecular complexity index is 1620. The molecule has 8 rings (SSSR count). The van der Waals surface area contributed by atoms with Gasteiger partial charge in [0.2, 0.25) is 5.91 Å². The van der Waals surface area contributed by atoms with Crippen LogP contribution in [0, 0.1) is 5.92 Å². The third kappa shape index (κ3) is 4.18. The van der Waals surface area contributed by atoms with Gasteiger partial charge in [0.15, 0.2) is 12.3 Å². The number of aliphatic hydroxyl groups is 1. The summed E-state index contributed by atoms with van der Waals surface area (Å²) in [5, 5.41) is 20.1. The molecule has 5 aliphatic heterocycles. The predicted octanol–water partition coefficient (Wildman–Crippen LogP) is 1.55. The first kappa shape index (κ1) is 27.9. The molecular weight excluding hydrogens is 548 g/mol. The van der Waals surface area contributed by atoms with Crippen molar-refractivity contribution in [1.29, 1.82) is 0 Å². The van der Waals surface area contributed by atoms with Crippen molar-refractivity contribution in [1.82, 2.24) is 9.80 Å². The zero-order valence-electron chi connectivity index (χ0n) is 24.9. The maximum Gasteiger partial charge on any atom is 0.352 e. The number of quaternary nitrogens is 2. The second kappa shape index (κ2) is 9.57. The fourth-order valence-corrected chi connectivity index (χ4v) is 8.17. The summed E-state index contributed by atoms with van der Waals surface area (Å²) in [5.74, 6) is -1.97. The average Bonchev–Trinajstić information content (AvgIpc) is 3.46. The molecule has 0 radical (unpaired) electrons. The lowest BCUT2D eigenvalue weighted by atomic mass is 9.82. The number of aliphatic hydroxyl groups excluding tert-OH is 1. The molecule has 0 aromatic heterocycles. The summed E-state index contributed by atoms with van der Waals surface area (Å²) < 4.78 is 1.86. The third-order valence-electron chi connectivity index (χ3n) is 10.8. The fourth-order valence-electron chi connectivity index (χ4n) is 8.17. The van der Waals surface area contributed by atoms with Crippen molar-refractivity contribution in [2.45, 2.75) is 32.0 Å². The first-order valence-corrected chi connectivity index (χ1v) is 15.1. The van der Waals surface area contributed by atoms with Gasteiger partial charge in [-0.15, -0.1) is 0 Å². The van der Waals surface area contributed by atoms with Crippen LogP contribution in [0.5, 0.6) is 0 Å². The number of ketones is 1. The van der Waals surface area contributed by atoms with Gasteiger partial charge in [0.25, 0.3) is 5.91 Å². The highest BCUT2D eigenvalue weighted by Crippen LogP contribution is 2.48. The summed E-state index contributed by atoms with van der Waals surface area (Å²) in [6.07, 6.45) is -0.499. The fraction of sp³-hybridized carbons (Fsp3) is 0.455. The Labute approximate surface area is 250 Å². The first-order chi connectivity index (χ1) is 20.4. The zero-order valence-corrected chi connectivity index (χ0v) is 24.9. The maximum absolute atomic E-state index is 13.5. The van der Waals surface area contributed by atoms with Crippen LogP contribution >= 0.6 is 0 Å². The lowest BCUT2D eigenvalue weighted by Crippen LogP contribution is -2.75. The molecule has 6 aliphatic rings. The van der Waals surface area contributed by atoms with E-state index in [1.807, 2.05) is 32.3 Å². The van der Waals surface area contributed by atoms with Gasteiger partial charge in [-0.2, -0.15) is 0 Å². The Hall–Kier alpha value is -3.86. The van der Waals surface area contributed by atoms with E-state index >= 15 is 0 Å². The lowest BCUT2D eigenvalue weighted by Gasteiger charge is -2.55. The van der Waals surface area contributed by atoms with E-state index in [0.29, 0.717) is 35.2 Å². The van der Waals surface area contributed by atoms with Gasteiger partial charge < -0.3 is 29.0 Å². The third-order valence-corrected chi connectivity index (χ3v) is 10.8. The van der Waals surface area contributed by atoms with Crippen molar-refractivity contribution < 1.29 is 38.4 Å².